The number of benzene rings is 3. The van der Waals surface area contributed by atoms with E-state index >= 15 is 0 Å². The number of fused-ring (bicyclic) bond motifs is 1. The molecule has 0 bridgehead atoms. The number of rotatable bonds is 4. The number of phenols is 1. The minimum atomic E-state index is -1.23. The Bertz CT molecular complexity index is 1010. The van der Waals surface area contributed by atoms with Crippen LogP contribution in [0.5, 0.6) is 5.75 Å². The van der Waals surface area contributed by atoms with Gasteiger partial charge in [0.2, 0.25) is 0 Å². The first kappa shape index (κ1) is 16.2. The molecule has 0 aliphatic carbocycles. The molecule has 0 spiro atoms. The lowest BCUT2D eigenvalue weighted by molar-refractivity contribution is -0.112. The smallest absolute Gasteiger partial charge is 0.337 e. The van der Waals surface area contributed by atoms with Crippen LogP contribution in [-0.2, 0) is 4.79 Å². The van der Waals surface area contributed by atoms with Gasteiger partial charge in [-0.2, -0.15) is 0 Å². The molecule has 3 aromatic rings. The van der Waals surface area contributed by atoms with E-state index in [1.54, 1.807) is 36.4 Å². The number of carbonyl (C=O) groups excluding carboxylic acids is 2. The van der Waals surface area contributed by atoms with E-state index in [0.29, 0.717) is 10.8 Å². The maximum atomic E-state index is 12.5. The van der Waals surface area contributed by atoms with Crippen molar-refractivity contribution in [3.8, 4) is 5.75 Å². The standard InChI is InChI=1S/C19H13NO5/c21-15-10-9-11-5-1-2-6-12(11)16(15)17(22)18(23)20-14-8-4-3-7-13(14)19(24)25/h1-10,21H,(H,20,23)(H,24,25). The second-order valence-corrected chi connectivity index (χ2v) is 5.31. The van der Waals surface area contributed by atoms with Gasteiger partial charge in [0, 0.05) is 0 Å². The van der Waals surface area contributed by atoms with E-state index in [-0.39, 0.29) is 22.6 Å². The van der Waals surface area contributed by atoms with Crippen molar-refractivity contribution in [1.29, 1.82) is 0 Å². The number of carboxylic acid groups (broad SMARTS) is 1. The third kappa shape index (κ3) is 3.05. The van der Waals surface area contributed by atoms with Gasteiger partial charge >= 0.3 is 5.97 Å². The summed E-state index contributed by atoms with van der Waals surface area (Å²) in [6.45, 7) is 0. The molecular weight excluding hydrogens is 322 g/mol. The van der Waals surface area contributed by atoms with E-state index in [9.17, 15) is 19.5 Å². The van der Waals surface area contributed by atoms with Gasteiger partial charge in [0.15, 0.2) is 0 Å². The van der Waals surface area contributed by atoms with Crippen LogP contribution in [0, 0.1) is 0 Å². The average molecular weight is 335 g/mol. The lowest BCUT2D eigenvalue weighted by Crippen LogP contribution is -2.24. The number of para-hydroxylation sites is 1. The molecular formula is C19H13NO5. The molecule has 0 unspecified atom stereocenters. The Balaban J connectivity index is 1.99. The number of ketones is 1. The molecule has 0 fully saturated rings. The number of amides is 1. The van der Waals surface area contributed by atoms with E-state index < -0.39 is 17.7 Å². The van der Waals surface area contributed by atoms with Crippen molar-refractivity contribution in [1.82, 2.24) is 0 Å². The van der Waals surface area contributed by atoms with Crippen LogP contribution in [0.4, 0.5) is 5.69 Å². The fraction of sp³-hybridized carbons (Fsp3) is 0. The summed E-state index contributed by atoms with van der Waals surface area (Å²) in [5, 5.41) is 22.6. The zero-order chi connectivity index (χ0) is 18.0. The molecule has 0 aliphatic rings. The number of nitrogens with one attached hydrogen (secondary N) is 1. The highest BCUT2D eigenvalue weighted by Crippen LogP contribution is 2.28. The Hall–Kier alpha value is -3.67. The number of carbonyl (C=O) groups is 3. The van der Waals surface area contributed by atoms with Gasteiger partial charge in [-0.1, -0.05) is 42.5 Å². The van der Waals surface area contributed by atoms with Crippen molar-refractivity contribution in [2.24, 2.45) is 0 Å². The van der Waals surface area contributed by atoms with Gasteiger partial charge in [0.05, 0.1) is 16.8 Å². The summed E-state index contributed by atoms with van der Waals surface area (Å²) >= 11 is 0. The lowest BCUT2D eigenvalue weighted by atomic mass is 9.99. The number of aromatic carboxylic acids is 1. The molecule has 25 heavy (non-hydrogen) atoms. The van der Waals surface area contributed by atoms with Crippen LogP contribution in [0.1, 0.15) is 20.7 Å². The molecule has 6 heteroatoms. The normalized spacial score (nSPS) is 10.4. The van der Waals surface area contributed by atoms with Gasteiger partial charge in [-0.3, -0.25) is 9.59 Å². The van der Waals surface area contributed by atoms with Gasteiger partial charge in [-0.25, -0.2) is 4.79 Å². The first-order valence-electron chi connectivity index (χ1n) is 7.37. The number of phenolic OH excluding ortho intramolecular Hbond substituents is 1. The molecule has 3 rings (SSSR count). The second kappa shape index (κ2) is 6.45. The number of anilines is 1. The van der Waals surface area contributed by atoms with Crippen LogP contribution in [0.2, 0.25) is 0 Å². The van der Waals surface area contributed by atoms with Crippen LogP contribution in [0.15, 0.2) is 60.7 Å². The van der Waals surface area contributed by atoms with Crippen molar-refractivity contribution >= 4 is 34.1 Å². The molecule has 0 saturated heterocycles. The highest BCUT2D eigenvalue weighted by molar-refractivity contribution is 6.49. The van der Waals surface area contributed by atoms with Crippen molar-refractivity contribution in [3.63, 3.8) is 0 Å². The molecule has 0 radical (unpaired) electrons. The monoisotopic (exact) mass is 335 g/mol. The summed E-state index contributed by atoms with van der Waals surface area (Å²) in [6, 6.07) is 15.6. The van der Waals surface area contributed by atoms with Gasteiger partial charge < -0.3 is 15.5 Å². The molecule has 0 heterocycles. The lowest BCUT2D eigenvalue weighted by Gasteiger charge is -2.10. The molecule has 1 amide bonds. The third-order valence-corrected chi connectivity index (χ3v) is 3.75. The minimum Gasteiger partial charge on any atom is -0.507 e. The van der Waals surface area contributed by atoms with Crippen molar-refractivity contribution in [2.45, 2.75) is 0 Å². The number of hydrogen-bond acceptors (Lipinski definition) is 4. The Morgan fingerprint density at radius 3 is 2.28 bits per heavy atom. The quantitative estimate of drug-likeness (QED) is 0.502. The highest BCUT2D eigenvalue weighted by Gasteiger charge is 2.23. The molecule has 0 aliphatic heterocycles. The molecule has 0 atom stereocenters. The van der Waals surface area contributed by atoms with Crippen LogP contribution >= 0.6 is 0 Å². The first-order chi connectivity index (χ1) is 12.0. The molecule has 0 saturated carbocycles. The fourth-order valence-corrected chi connectivity index (χ4v) is 2.57. The summed E-state index contributed by atoms with van der Waals surface area (Å²) in [5.41, 5.74) is -0.248. The average Bonchev–Trinajstić information content (AvgIpc) is 2.61. The predicted molar refractivity (Wildman–Crippen MR) is 92.0 cm³/mol. The Kier molecular flexibility index (Phi) is 4.18. The van der Waals surface area contributed by atoms with E-state index in [0.717, 1.165) is 0 Å². The number of aromatic hydroxyl groups is 1. The van der Waals surface area contributed by atoms with E-state index in [2.05, 4.69) is 5.32 Å². The Morgan fingerprint density at radius 2 is 1.52 bits per heavy atom. The van der Waals surface area contributed by atoms with Gasteiger partial charge in [-0.15, -0.1) is 0 Å². The first-order valence-corrected chi connectivity index (χ1v) is 7.37. The highest BCUT2D eigenvalue weighted by atomic mass is 16.4. The maximum absolute atomic E-state index is 12.5. The van der Waals surface area contributed by atoms with Crippen molar-refractivity contribution < 1.29 is 24.6 Å². The molecule has 3 aromatic carbocycles. The minimum absolute atomic E-state index is 0.00748. The number of Topliss-reactive ketones (excluding diaryl/α,β-unsaturated/α-hetero) is 1. The summed E-state index contributed by atoms with van der Waals surface area (Å²) in [5.74, 6) is -3.52. The Labute approximate surface area is 142 Å². The fourth-order valence-electron chi connectivity index (χ4n) is 2.57. The van der Waals surface area contributed by atoms with Gasteiger partial charge in [0.1, 0.15) is 5.75 Å². The summed E-state index contributed by atoms with van der Waals surface area (Å²) in [6.07, 6.45) is 0. The second-order valence-electron chi connectivity index (χ2n) is 5.31. The number of hydrogen-bond donors (Lipinski definition) is 3. The molecule has 3 N–H and O–H groups in total. The largest absolute Gasteiger partial charge is 0.507 e. The van der Waals surface area contributed by atoms with Crippen LogP contribution in [-0.4, -0.2) is 27.9 Å². The van der Waals surface area contributed by atoms with Gasteiger partial charge in [0.25, 0.3) is 11.7 Å². The van der Waals surface area contributed by atoms with Crippen molar-refractivity contribution in [3.05, 3.63) is 71.8 Å². The van der Waals surface area contributed by atoms with E-state index in [4.69, 9.17) is 5.11 Å². The maximum Gasteiger partial charge on any atom is 0.337 e. The van der Waals surface area contributed by atoms with Crippen molar-refractivity contribution in [2.75, 3.05) is 5.32 Å². The number of carboxylic acids is 1. The topological polar surface area (TPSA) is 104 Å². The zero-order valence-corrected chi connectivity index (χ0v) is 12.9. The SMILES string of the molecule is O=C(Nc1ccccc1C(=O)O)C(=O)c1c(O)ccc2ccccc12. The van der Waals surface area contributed by atoms with Crippen LogP contribution < -0.4 is 5.32 Å². The van der Waals surface area contributed by atoms with Crippen LogP contribution in [0.25, 0.3) is 10.8 Å². The van der Waals surface area contributed by atoms with Gasteiger partial charge in [-0.05, 0) is 29.0 Å². The van der Waals surface area contributed by atoms with Crippen LogP contribution in [0.3, 0.4) is 0 Å². The summed E-state index contributed by atoms with van der Waals surface area (Å²) in [4.78, 5) is 36.1. The molecule has 6 nitrogen and oxygen atoms in total. The molecule has 124 valence electrons. The molecule has 0 aromatic heterocycles. The Morgan fingerprint density at radius 1 is 0.840 bits per heavy atom. The zero-order valence-electron chi connectivity index (χ0n) is 12.9. The summed E-state index contributed by atoms with van der Waals surface area (Å²) < 4.78 is 0. The van der Waals surface area contributed by atoms with E-state index in [1.807, 2.05) is 0 Å². The third-order valence-electron chi connectivity index (χ3n) is 3.75. The summed E-state index contributed by atoms with van der Waals surface area (Å²) in [7, 11) is 0. The predicted octanol–water partition coefficient (Wildman–Crippen LogP) is 3.07. The van der Waals surface area contributed by atoms with E-state index in [1.165, 1.54) is 24.3 Å².